The van der Waals surface area contributed by atoms with Crippen LogP contribution in [0.25, 0.3) is 0 Å². The number of phenols is 1. The van der Waals surface area contributed by atoms with Crippen molar-refractivity contribution < 1.29 is 5.11 Å². The summed E-state index contributed by atoms with van der Waals surface area (Å²) in [6.07, 6.45) is 26.8. The van der Waals surface area contributed by atoms with Gasteiger partial charge in [0.1, 0.15) is 5.75 Å². The van der Waals surface area contributed by atoms with E-state index in [4.69, 9.17) is 0 Å². The van der Waals surface area contributed by atoms with Gasteiger partial charge in [0.05, 0.1) is 0 Å². The van der Waals surface area contributed by atoms with Crippen molar-refractivity contribution in [2.45, 2.75) is 155 Å². The van der Waals surface area contributed by atoms with E-state index in [0.29, 0.717) is 5.75 Å². The molecule has 0 radical (unpaired) electrons. The second-order valence-corrected chi connectivity index (χ2v) is 10.9. The third-order valence-electron chi connectivity index (χ3n) is 6.69. The number of hydrogen-bond donors (Lipinski definition) is 1. The Kier molecular flexibility index (Phi) is 15.9. The maximum atomic E-state index is 10.1. The average molecular weight is 431 g/mol. The van der Waals surface area contributed by atoms with Crippen LogP contribution in [-0.4, -0.2) is 5.11 Å². The lowest BCUT2D eigenvalue weighted by Gasteiger charge is -2.21. The zero-order valence-corrected chi connectivity index (χ0v) is 21.6. The molecule has 180 valence electrons. The molecule has 31 heavy (non-hydrogen) atoms. The number of unbranched alkanes of at least 4 members (excludes halogenated alkanes) is 17. The van der Waals surface area contributed by atoms with Gasteiger partial charge in [-0.1, -0.05) is 149 Å². The Hall–Kier alpha value is -0.980. The fraction of sp³-hybridized carbons (Fsp3) is 0.800. The smallest absolute Gasteiger partial charge is 0.119 e. The Bertz CT molecular complexity index is 540. The summed E-state index contributed by atoms with van der Waals surface area (Å²) in [6.45, 7) is 8.80. The summed E-state index contributed by atoms with van der Waals surface area (Å²) in [4.78, 5) is 0. The van der Waals surface area contributed by atoms with Gasteiger partial charge in [-0.05, 0) is 35.4 Å². The quantitative estimate of drug-likeness (QED) is 0.216. The molecule has 0 aromatic heterocycles. The molecular formula is C30H54O. The van der Waals surface area contributed by atoms with E-state index >= 15 is 0 Å². The fourth-order valence-electron chi connectivity index (χ4n) is 4.57. The summed E-state index contributed by atoms with van der Waals surface area (Å²) in [6, 6.07) is 6.19. The normalized spacial score (nSPS) is 11.9. The van der Waals surface area contributed by atoms with E-state index in [1.54, 1.807) is 0 Å². The van der Waals surface area contributed by atoms with Crippen molar-refractivity contribution in [2.24, 2.45) is 0 Å². The summed E-state index contributed by atoms with van der Waals surface area (Å²) in [5.41, 5.74) is 2.46. The minimum Gasteiger partial charge on any atom is -0.508 e. The maximum Gasteiger partial charge on any atom is 0.119 e. The number of aromatic hydroxyl groups is 1. The second-order valence-electron chi connectivity index (χ2n) is 10.9. The van der Waals surface area contributed by atoms with Gasteiger partial charge in [0.15, 0.2) is 0 Å². The van der Waals surface area contributed by atoms with Crippen LogP contribution in [0.2, 0.25) is 0 Å². The molecule has 1 nitrogen and oxygen atoms in total. The van der Waals surface area contributed by atoms with Crippen LogP contribution in [-0.2, 0) is 11.8 Å². The van der Waals surface area contributed by atoms with Crippen molar-refractivity contribution in [3.05, 3.63) is 29.3 Å². The van der Waals surface area contributed by atoms with E-state index in [1.165, 1.54) is 121 Å². The zero-order valence-electron chi connectivity index (χ0n) is 21.6. The molecule has 0 spiro atoms. The highest BCUT2D eigenvalue weighted by molar-refractivity contribution is 5.40. The predicted molar refractivity (Wildman–Crippen MR) is 139 cm³/mol. The van der Waals surface area contributed by atoms with Crippen LogP contribution in [0.4, 0.5) is 0 Å². The van der Waals surface area contributed by atoms with Crippen molar-refractivity contribution >= 4 is 0 Å². The van der Waals surface area contributed by atoms with Crippen molar-refractivity contribution in [1.82, 2.24) is 0 Å². The highest BCUT2D eigenvalue weighted by Crippen LogP contribution is 2.31. The van der Waals surface area contributed by atoms with E-state index in [-0.39, 0.29) is 5.41 Å². The number of hydrogen-bond acceptors (Lipinski definition) is 1. The summed E-state index contributed by atoms with van der Waals surface area (Å²) in [7, 11) is 0. The van der Waals surface area contributed by atoms with Crippen molar-refractivity contribution in [3.8, 4) is 5.75 Å². The Morgan fingerprint density at radius 2 is 0.968 bits per heavy atom. The topological polar surface area (TPSA) is 20.2 Å². The third kappa shape index (κ3) is 14.7. The van der Waals surface area contributed by atoms with Crippen molar-refractivity contribution in [3.63, 3.8) is 0 Å². The molecule has 0 saturated heterocycles. The molecule has 1 aromatic rings. The summed E-state index contributed by atoms with van der Waals surface area (Å²) in [5.74, 6) is 0.439. The molecule has 0 amide bonds. The van der Waals surface area contributed by atoms with Gasteiger partial charge in [-0.3, -0.25) is 0 Å². The molecule has 0 unspecified atom stereocenters. The van der Waals surface area contributed by atoms with Gasteiger partial charge in [0.2, 0.25) is 0 Å². The average Bonchev–Trinajstić information content (AvgIpc) is 2.73. The number of benzene rings is 1. The van der Waals surface area contributed by atoms with Crippen LogP contribution < -0.4 is 0 Å². The number of phenolic OH excluding ortho intramolecular Hbond substituents is 1. The molecule has 0 saturated carbocycles. The highest BCUT2D eigenvalue weighted by Gasteiger charge is 2.18. The van der Waals surface area contributed by atoms with Gasteiger partial charge in [0.25, 0.3) is 0 Å². The van der Waals surface area contributed by atoms with E-state index in [9.17, 15) is 5.11 Å². The second kappa shape index (κ2) is 17.6. The van der Waals surface area contributed by atoms with Gasteiger partial charge in [0, 0.05) is 0 Å². The monoisotopic (exact) mass is 430 g/mol. The van der Waals surface area contributed by atoms with Crippen LogP contribution in [0, 0.1) is 0 Å². The molecule has 0 atom stereocenters. The lowest BCUT2D eigenvalue weighted by molar-refractivity contribution is 0.446. The first kappa shape index (κ1) is 28.1. The van der Waals surface area contributed by atoms with Crippen LogP contribution in [0.5, 0.6) is 5.75 Å². The Balaban J connectivity index is 1.88. The third-order valence-corrected chi connectivity index (χ3v) is 6.69. The summed E-state index contributed by atoms with van der Waals surface area (Å²) >= 11 is 0. The first-order valence-corrected chi connectivity index (χ1v) is 13.8. The summed E-state index contributed by atoms with van der Waals surface area (Å²) < 4.78 is 0. The largest absolute Gasteiger partial charge is 0.508 e. The zero-order chi connectivity index (χ0) is 22.8. The molecule has 0 fully saturated rings. The van der Waals surface area contributed by atoms with Crippen LogP contribution in [0.1, 0.15) is 154 Å². The summed E-state index contributed by atoms with van der Waals surface area (Å²) in [5, 5.41) is 10.1. The fourth-order valence-corrected chi connectivity index (χ4v) is 4.57. The van der Waals surface area contributed by atoms with Gasteiger partial charge in [-0.15, -0.1) is 0 Å². The molecule has 0 bridgehead atoms. The van der Waals surface area contributed by atoms with Crippen LogP contribution in [0.3, 0.4) is 0 Å². The number of rotatable bonds is 19. The molecule has 1 N–H and O–H groups in total. The highest BCUT2D eigenvalue weighted by atomic mass is 16.3. The SMILES string of the molecule is CCCCCCCCCCCCCCCCCCCCc1ccc(O)c(C(C)(C)C)c1. The Morgan fingerprint density at radius 1 is 0.581 bits per heavy atom. The molecule has 1 heteroatoms. The molecule has 1 rings (SSSR count). The van der Waals surface area contributed by atoms with E-state index in [0.717, 1.165) is 12.0 Å². The molecular weight excluding hydrogens is 376 g/mol. The maximum absolute atomic E-state index is 10.1. The first-order valence-electron chi connectivity index (χ1n) is 13.8. The van der Waals surface area contributed by atoms with Gasteiger partial charge >= 0.3 is 0 Å². The minimum absolute atomic E-state index is 0.00792. The van der Waals surface area contributed by atoms with E-state index in [1.807, 2.05) is 6.07 Å². The number of aryl methyl sites for hydroxylation is 1. The standard InChI is InChI=1S/C30H54O/c1-5-6-7-8-9-10-11-12-13-14-15-16-17-18-19-20-21-22-23-27-24-25-29(31)28(26-27)30(2,3)4/h24-26,31H,5-23H2,1-4H3. The predicted octanol–water partition coefficient (Wildman–Crippen LogP) is 10.3. The minimum atomic E-state index is 0.00792. The Morgan fingerprint density at radius 3 is 1.35 bits per heavy atom. The molecule has 1 aromatic carbocycles. The first-order chi connectivity index (χ1) is 14.9. The van der Waals surface area contributed by atoms with Crippen molar-refractivity contribution in [2.75, 3.05) is 0 Å². The lowest BCUT2D eigenvalue weighted by Crippen LogP contribution is -2.11. The lowest BCUT2D eigenvalue weighted by atomic mass is 9.85. The van der Waals surface area contributed by atoms with Gasteiger partial charge in [-0.2, -0.15) is 0 Å². The van der Waals surface area contributed by atoms with E-state index in [2.05, 4.69) is 39.8 Å². The molecule has 0 heterocycles. The van der Waals surface area contributed by atoms with Crippen LogP contribution >= 0.6 is 0 Å². The molecule has 0 aliphatic rings. The van der Waals surface area contributed by atoms with Gasteiger partial charge < -0.3 is 5.11 Å². The van der Waals surface area contributed by atoms with Crippen molar-refractivity contribution in [1.29, 1.82) is 0 Å². The molecule has 0 aliphatic heterocycles. The van der Waals surface area contributed by atoms with Crippen LogP contribution in [0.15, 0.2) is 18.2 Å². The molecule has 0 aliphatic carbocycles. The Labute approximate surface area is 195 Å². The van der Waals surface area contributed by atoms with E-state index < -0.39 is 0 Å². The van der Waals surface area contributed by atoms with Gasteiger partial charge in [-0.25, -0.2) is 0 Å².